The first-order chi connectivity index (χ1) is 18.2. The Labute approximate surface area is 217 Å². The number of fused-ring (bicyclic) bond motifs is 1. The van der Waals surface area contributed by atoms with Gasteiger partial charge in [-0.1, -0.05) is 0 Å². The first-order valence-electron chi connectivity index (χ1n) is 12.0. The molecule has 0 bridgehead atoms. The third-order valence-electron chi connectivity index (χ3n) is 6.47. The van der Waals surface area contributed by atoms with E-state index >= 15 is 0 Å². The van der Waals surface area contributed by atoms with E-state index in [1.54, 1.807) is 30.3 Å². The smallest absolute Gasteiger partial charge is 0.271 e. The van der Waals surface area contributed by atoms with Gasteiger partial charge < -0.3 is 30.6 Å². The zero-order chi connectivity index (χ0) is 27.0. The molecule has 198 valence electrons. The van der Waals surface area contributed by atoms with Crippen molar-refractivity contribution in [2.75, 3.05) is 37.8 Å². The Morgan fingerprint density at radius 3 is 2.47 bits per heavy atom. The van der Waals surface area contributed by atoms with Crippen LogP contribution in [0, 0.1) is 11.6 Å². The predicted octanol–water partition coefficient (Wildman–Crippen LogP) is 3.06. The highest BCUT2D eigenvalue weighted by atomic mass is 19.1. The first kappa shape index (κ1) is 25.3. The maximum atomic E-state index is 14.9. The third kappa shape index (κ3) is 4.79. The fraction of sp³-hybridized carbons (Fsp3) is 0.320. The number of rotatable bonds is 7. The molecule has 4 aromatic rings. The van der Waals surface area contributed by atoms with Crippen molar-refractivity contribution in [1.82, 2.24) is 29.4 Å². The quantitative estimate of drug-likeness (QED) is 0.334. The minimum Gasteiger partial charge on any atom is -0.484 e. The van der Waals surface area contributed by atoms with E-state index in [2.05, 4.69) is 35.5 Å². The molecule has 4 heterocycles. The van der Waals surface area contributed by atoms with Crippen molar-refractivity contribution < 1.29 is 18.3 Å². The number of amides is 1. The molecule has 0 radical (unpaired) electrons. The molecule has 1 fully saturated rings. The number of piperidine rings is 1. The zero-order valence-corrected chi connectivity index (χ0v) is 21.1. The van der Waals surface area contributed by atoms with Crippen LogP contribution in [-0.4, -0.2) is 68.6 Å². The molecule has 1 saturated heterocycles. The Kier molecular flexibility index (Phi) is 6.76. The summed E-state index contributed by atoms with van der Waals surface area (Å²) in [6, 6.07) is 2.15. The first-order valence-corrected chi connectivity index (χ1v) is 12.0. The largest absolute Gasteiger partial charge is 0.484 e. The second-order valence-electron chi connectivity index (χ2n) is 9.16. The second-order valence-corrected chi connectivity index (χ2v) is 9.16. The molecule has 11 nitrogen and oxygen atoms in total. The van der Waals surface area contributed by atoms with Crippen LogP contribution in [0.5, 0.6) is 5.75 Å². The zero-order valence-electron chi connectivity index (χ0n) is 21.1. The predicted molar refractivity (Wildman–Crippen MR) is 138 cm³/mol. The van der Waals surface area contributed by atoms with Crippen LogP contribution in [-0.2, 0) is 7.05 Å². The van der Waals surface area contributed by atoms with Gasteiger partial charge in [0.1, 0.15) is 17.3 Å². The summed E-state index contributed by atoms with van der Waals surface area (Å²) in [5, 5.41) is 5.71. The van der Waals surface area contributed by atoms with Crippen molar-refractivity contribution in [2.24, 2.45) is 12.8 Å². The molecule has 38 heavy (non-hydrogen) atoms. The van der Waals surface area contributed by atoms with Gasteiger partial charge in [-0.2, -0.15) is 0 Å². The van der Waals surface area contributed by atoms with Crippen LogP contribution in [0.1, 0.15) is 23.3 Å². The summed E-state index contributed by atoms with van der Waals surface area (Å²) in [5.41, 5.74) is 7.58. The van der Waals surface area contributed by atoms with Gasteiger partial charge in [-0.3, -0.25) is 9.78 Å². The van der Waals surface area contributed by atoms with Crippen molar-refractivity contribution >= 4 is 34.3 Å². The van der Waals surface area contributed by atoms with E-state index in [1.807, 2.05) is 14.1 Å². The molecule has 1 aliphatic heterocycles. The van der Waals surface area contributed by atoms with Gasteiger partial charge in [-0.15, -0.1) is 0 Å². The molecular weight excluding hydrogens is 496 g/mol. The number of halogens is 2. The maximum absolute atomic E-state index is 14.9. The van der Waals surface area contributed by atoms with E-state index in [9.17, 15) is 13.6 Å². The molecule has 0 aliphatic carbocycles. The number of nitrogens with two attached hydrogens (primary N) is 1. The SMILES string of the molecule is CNc1nc(Nc2cc(F)c(OC3CCN(C)CC3)c(F)c2)c(C(N)=O)nc1-c1cncc2c1ncn2C. The molecule has 13 heteroatoms. The molecule has 5 rings (SSSR count). The number of carbonyl (C=O) groups excluding carboxylic acids is 1. The van der Waals surface area contributed by atoms with Gasteiger partial charge in [0.15, 0.2) is 34.7 Å². The molecule has 0 spiro atoms. The summed E-state index contributed by atoms with van der Waals surface area (Å²) >= 11 is 0. The highest BCUT2D eigenvalue weighted by Crippen LogP contribution is 2.34. The number of likely N-dealkylation sites (tertiary alicyclic amines) is 1. The highest BCUT2D eigenvalue weighted by Gasteiger charge is 2.24. The van der Waals surface area contributed by atoms with Crippen molar-refractivity contribution in [3.8, 4) is 17.0 Å². The van der Waals surface area contributed by atoms with E-state index in [-0.39, 0.29) is 29.1 Å². The lowest BCUT2D eigenvalue weighted by Gasteiger charge is -2.29. The van der Waals surface area contributed by atoms with E-state index in [0.29, 0.717) is 29.6 Å². The minimum absolute atomic E-state index is 0.0100. The van der Waals surface area contributed by atoms with Crippen LogP contribution in [0.2, 0.25) is 0 Å². The Morgan fingerprint density at radius 2 is 1.82 bits per heavy atom. The minimum atomic E-state index is -0.881. The Hall–Kier alpha value is -4.39. The van der Waals surface area contributed by atoms with Gasteiger partial charge in [0.05, 0.1) is 23.6 Å². The molecule has 0 saturated carbocycles. The monoisotopic (exact) mass is 523 g/mol. The molecule has 1 amide bonds. The molecule has 0 atom stereocenters. The number of anilines is 3. The number of aromatic nitrogens is 5. The van der Waals surface area contributed by atoms with E-state index in [0.717, 1.165) is 30.7 Å². The number of hydrogen-bond donors (Lipinski definition) is 3. The van der Waals surface area contributed by atoms with Crippen molar-refractivity contribution in [2.45, 2.75) is 18.9 Å². The van der Waals surface area contributed by atoms with Crippen molar-refractivity contribution in [1.29, 1.82) is 0 Å². The fourth-order valence-corrected chi connectivity index (χ4v) is 4.42. The van der Waals surface area contributed by atoms with Crippen LogP contribution < -0.4 is 21.1 Å². The molecular formula is C25H27F2N9O2. The van der Waals surface area contributed by atoms with Gasteiger partial charge in [0.2, 0.25) is 0 Å². The summed E-state index contributed by atoms with van der Waals surface area (Å²) in [5.74, 6) is -2.87. The van der Waals surface area contributed by atoms with E-state index in [4.69, 9.17) is 10.5 Å². The standard InChI is InChI=1S/C25H27F2N9O2/c1-29-24-20(15-10-30-11-18-19(15)31-12-36(18)3)33-21(23(28)37)25(34-24)32-13-8-16(26)22(17(27)9-13)38-14-4-6-35(2)7-5-14/h8-12,14H,4-7H2,1-3H3,(H2,28,37)(H2,29,32,34). The Balaban J connectivity index is 1.49. The van der Waals surface area contributed by atoms with Gasteiger partial charge >= 0.3 is 0 Å². The van der Waals surface area contributed by atoms with Crippen LogP contribution in [0.4, 0.5) is 26.1 Å². The number of aryl methyl sites for hydroxylation is 1. The average Bonchev–Trinajstić information content (AvgIpc) is 3.28. The van der Waals surface area contributed by atoms with Crippen LogP contribution in [0.25, 0.3) is 22.3 Å². The number of benzene rings is 1. The molecule has 4 N–H and O–H groups in total. The number of carbonyl (C=O) groups is 1. The topological polar surface area (TPSA) is 136 Å². The Bertz CT molecular complexity index is 1490. The summed E-state index contributed by atoms with van der Waals surface area (Å²) in [6.07, 6.45) is 5.93. The van der Waals surface area contributed by atoms with Crippen molar-refractivity contribution in [3.05, 3.63) is 48.2 Å². The number of ether oxygens (including phenoxy) is 1. The van der Waals surface area contributed by atoms with Crippen LogP contribution >= 0.6 is 0 Å². The van der Waals surface area contributed by atoms with Gasteiger partial charge in [0, 0.05) is 51.2 Å². The maximum Gasteiger partial charge on any atom is 0.271 e. The second kappa shape index (κ2) is 10.2. The lowest BCUT2D eigenvalue weighted by molar-refractivity contribution is 0.0996. The summed E-state index contributed by atoms with van der Waals surface area (Å²) in [7, 11) is 5.44. The normalized spacial score (nSPS) is 14.6. The molecule has 1 aromatic carbocycles. The number of nitrogens with zero attached hydrogens (tertiary/aromatic N) is 6. The number of pyridine rings is 1. The number of nitrogens with one attached hydrogen (secondary N) is 2. The van der Waals surface area contributed by atoms with Gasteiger partial charge in [-0.05, 0) is 19.9 Å². The van der Waals surface area contributed by atoms with Crippen LogP contribution in [0.15, 0.2) is 30.9 Å². The fourth-order valence-electron chi connectivity index (χ4n) is 4.42. The summed E-state index contributed by atoms with van der Waals surface area (Å²) < 4.78 is 37.3. The lowest BCUT2D eigenvalue weighted by Crippen LogP contribution is -2.35. The van der Waals surface area contributed by atoms with Crippen molar-refractivity contribution in [3.63, 3.8) is 0 Å². The average molecular weight is 524 g/mol. The lowest BCUT2D eigenvalue weighted by atomic mass is 10.1. The summed E-state index contributed by atoms with van der Waals surface area (Å²) in [4.78, 5) is 32.0. The number of imidazole rings is 1. The van der Waals surface area contributed by atoms with Crippen LogP contribution in [0.3, 0.4) is 0 Å². The van der Waals surface area contributed by atoms with Gasteiger partial charge in [-0.25, -0.2) is 23.7 Å². The highest BCUT2D eigenvalue weighted by molar-refractivity contribution is 5.99. The molecule has 3 aromatic heterocycles. The number of primary amides is 1. The summed E-state index contributed by atoms with van der Waals surface area (Å²) in [6.45, 7) is 1.58. The third-order valence-corrected chi connectivity index (χ3v) is 6.47. The number of hydrogen-bond acceptors (Lipinski definition) is 9. The van der Waals surface area contributed by atoms with E-state index < -0.39 is 23.3 Å². The van der Waals surface area contributed by atoms with E-state index in [1.165, 1.54) is 0 Å². The molecule has 1 aliphatic rings. The molecule has 0 unspecified atom stereocenters. The van der Waals surface area contributed by atoms with Gasteiger partial charge in [0.25, 0.3) is 5.91 Å². The Morgan fingerprint density at radius 1 is 1.11 bits per heavy atom.